The Morgan fingerprint density at radius 3 is 2.02 bits per heavy atom. The lowest BCUT2D eigenvalue weighted by atomic mass is 9.97. The molecular formula is C23H40FNO15. The fourth-order valence-corrected chi connectivity index (χ4v) is 5.08. The minimum Gasteiger partial charge on any atom is -0.394 e. The molecule has 15 atom stereocenters. The summed E-state index contributed by atoms with van der Waals surface area (Å²) in [5, 5.41) is 81.7. The first-order valence-corrected chi connectivity index (χ1v) is 13.3. The number of alkyl halides is 1. The van der Waals surface area contributed by atoms with Crippen molar-refractivity contribution in [1.29, 1.82) is 0 Å². The molecule has 4 heterocycles. The van der Waals surface area contributed by atoms with Crippen LogP contribution in [0, 0.1) is 0 Å². The molecule has 0 aliphatic carbocycles. The third kappa shape index (κ3) is 6.45. The van der Waals surface area contributed by atoms with Crippen molar-refractivity contribution in [2.75, 3.05) is 33.0 Å². The molecule has 10 N–H and O–H groups in total. The van der Waals surface area contributed by atoms with Gasteiger partial charge in [0.2, 0.25) is 0 Å². The minimum atomic E-state index is -2.07. The first-order chi connectivity index (χ1) is 19.1. The molecule has 4 aliphatic heterocycles. The molecule has 4 rings (SSSR count). The first kappa shape index (κ1) is 32.2. The van der Waals surface area contributed by atoms with Crippen LogP contribution in [0.25, 0.3) is 0 Å². The van der Waals surface area contributed by atoms with E-state index >= 15 is 0 Å². The fraction of sp³-hybridized carbons (Fsp3) is 1.00. The molecule has 4 saturated heterocycles. The predicted octanol–water partition coefficient (Wildman–Crippen LogP) is -5.08. The van der Waals surface area contributed by atoms with Crippen molar-refractivity contribution in [3.05, 3.63) is 0 Å². The van der Waals surface area contributed by atoms with Gasteiger partial charge in [0.15, 0.2) is 18.7 Å². The number of aliphatic hydroxyl groups is 8. The van der Waals surface area contributed by atoms with E-state index in [4.69, 9.17) is 38.9 Å². The van der Waals surface area contributed by atoms with E-state index in [-0.39, 0.29) is 6.61 Å². The molecule has 0 aromatic heterocycles. The molecular weight excluding hydrogens is 549 g/mol. The summed E-state index contributed by atoms with van der Waals surface area (Å²) in [5.74, 6) is -2.07. The average Bonchev–Trinajstić information content (AvgIpc) is 3.68. The van der Waals surface area contributed by atoms with E-state index in [2.05, 4.69) is 0 Å². The van der Waals surface area contributed by atoms with Gasteiger partial charge in [-0.2, -0.15) is 0 Å². The standard InChI is InChI=1S/C23H40FNO15/c24-6-9-19(14(30)16(32)21(35-9)34-5-3-1-2-4-25)39-23-20(40-23)17(33)18(11(8-27)38-23)37-22-15(31)13(29)12(28)10(7-26)36-22/h9-22,26-33H,1-8,25H2/t9?,10?,11?,12-,13?,14?,15?,16?,17?,18-,19+,20?,21+,22+,23+/m0/s1. The summed E-state index contributed by atoms with van der Waals surface area (Å²) in [5.41, 5.74) is 5.44. The number of aliphatic hydroxyl groups excluding tert-OH is 8. The summed E-state index contributed by atoms with van der Waals surface area (Å²) < 4.78 is 52.6. The molecule has 16 nitrogen and oxygen atoms in total. The van der Waals surface area contributed by atoms with E-state index in [1.54, 1.807) is 0 Å². The van der Waals surface area contributed by atoms with Crippen LogP contribution in [0.5, 0.6) is 0 Å². The van der Waals surface area contributed by atoms with E-state index in [0.29, 0.717) is 13.0 Å². The molecule has 0 bridgehead atoms. The van der Waals surface area contributed by atoms with Crippen LogP contribution in [0.15, 0.2) is 0 Å². The number of fused-ring (bicyclic) bond motifs is 1. The fourth-order valence-electron chi connectivity index (χ4n) is 5.08. The number of nitrogens with two attached hydrogens (primary N) is 1. The zero-order valence-electron chi connectivity index (χ0n) is 21.6. The Balaban J connectivity index is 1.39. The molecule has 0 amide bonds. The van der Waals surface area contributed by atoms with Gasteiger partial charge in [-0.3, -0.25) is 0 Å². The Labute approximate surface area is 228 Å². The molecule has 0 aromatic carbocycles. The van der Waals surface area contributed by atoms with Gasteiger partial charge in [-0.25, -0.2) is 4.39 Å². The second-order valence-corrected chi connectivity index (χ2v) is 10.3. The Bertz CT molecular complexity index is 799. The average molecular weight is 590 g/mol. The molecule has 0 aromatic rings. The SMILES string of the molecule is NCCCCCO[C@@H]1OC(CF)[C@@H](O[C@]23OC(CO)[C@H](O[C@H]4OC(CO)[C@H](O)C(O)C4O)C(O)C2O3)C(O)C1O. The van der Waals surface area contributed by atoms with E-state index in [1.807, 2.05) is 0 Å². The molecule has 0 spiro atoms. The molecule has 17 heteroatoms. The lowest BCUT2D eigenvalue weighted by Gasteiger charge is -2.45. The maximum absolute atomic E-state index is 13.9. The first-order valence-electron chi connectivity index (χ1n) is 13.3. The van der Waals surface area contributed by atoms with E-state index in [0.717, 1.165) is 12.8 Å². The van der Waals surface area contributed by atoms with Gasteiger partial charge in [-0.1, -0.05) is 0 Å². The van der Waals surface area contributed by atoms with Crippen molar-refractivity contribution in [2.24, 2.45) is 5.73 Å². The van der Waals surface area contributed by atoms with Crippen molar-refractivity contribution in [3.63, 3.8) is 0 Å². The quantitative estimate of drug-likeness (QED) is 0.0719. The minimum absolute atomic E-state index is 0.178. The number of hydrogen-bond donors (Lipinski definition) is 9. The lowest BCUT2D eigenvalue weighted by molar-refractivity contribution is -0.374. The summed E-state index contributed by atoms with van der Waals surface area (Å²) in [4.78, 5) is 0. The highest BCUT2D eigenvalue weighted by molar-refractivity contribution is 5.06. The number of halogens is 1. The second-order valence-electron chi connectivity index (χ2n) is 10.3. The van der Waals surface area contributed by atoms with Crippen LogP contribution >= 0.6 is 0 Å². The van der Waals surface area contributed by atoms with Gasteiger partial charge >= 0.3 is 5.97 Å². The van der Waals surface area contributed by atoms with E-state index < -0.39 is 112 Å². The van der Waals surface area contributed by atoms with Crippen molar-refractivity contribution < 1.29 is 78.4 Å². The van der Waals surface area contributed by atoms with Crippen LogP contribution in [0.1, 0.15) is 19.3 Å². The molecule has 9 unspecified atom stereocenters. The van der Waals surface area contributed by atoms with Crippen LogP contribution in [-0.2, 0) is 33.2 Å². The summed E-state index contributed by atoms with van der Waals surface area (Å²) in [7, 11) is 0. The number of hydrogen-bond acceptors (Lipinski definition) is 16. The van der Waals surface area contributed by atoms with Gasteiger partial charge in [0.25, 0.3) is 0 Å². The maximum Gasteiger partial charge on any atom is 0.315 e. The van der Waals surface area contributed by atoms with Crippen LogP contribution in [0.2, 0.25) is 0 Å². The summed E-state index contributed by atoms with van der Waals surface area (Å²) >= 11 is 0. The normalized spacial score (nSPS) is 49.0. The number of unbranched alkanes of at least 4 members (excludes halogenated alkanes) is 2. The number of ether oxygens (including phenoxy) is 7. The largest absolute Gasteiger partial charge is 0.394 e. The Kier molecular flexibility index (Phi) is 11.0. The third-order valence-electron chi connectivity index (χ3n) is 7.45. The molecule has 4 aliphatic rings. The lowest BCUT2D eigenvalue weighted by Crippen LogP contribution is -2.64. The van der Waals surface area contributed by atoms with Gasteiger partial charge in [0.05, 0.1) is 13.2 Å². The monoisotopic (exact) mass is 589 g/mol. The van der Waals surface area contributed by atoms with Crippen molar-refractivity contribution in [3.8, 4) is 0 Å². The van der Waals surface area contributed by atoms with Crippen LogP contribution in [0.3, 0.4) is 0 Å². The van der Waals surface area contributed by atoms with Crippen LogP contribution in [0.4, 0.5) is 4.39 Å². The summed E-state index contributed by atoms with van der Waals surface area (Å²) in [6.07, 6.45) is -19.3. The number of epoxide rings is 1. The van der Waals surface area contributed by atoms with E-state index in [9.17, 15) is 45.2 Å². The van der Waals surface area contributed by atoms with Crippen molar-refractivity contribution in [2.45, 2.75) is 111 Å². The number of rotatable bonds is 13. The zero-order chi connectivity index (χ0) is 29.2. The molecule has 0 radical (unpaired) electrons. The van der Waals surface area contributed by atoms with E-state index in [1.165, 1.54) is 0 Å². The van der Waals surface area contributed by atoms with Gasteiger partial charge in [-0.15, -0.1) is 0 Å². The topological polar surface area (TPSA) is 256 Å². The zero-order valence-corrected chi connectivity index (χ0v) is 21.6. The van der Waals surface area contributed by atoms with Gasteiger partial charge in [-0.05, 0) is 25.8 Å². The van der Waals surface area contributed by atoms with Gasteiger partial charge in [0.1, 0.15) is 73.8 Å². The van der Waals surface area contributed by atoms with Crippen molar-refractivity contribution >= 4 is 0 Å². The highest BCUT2D eigenvalue weighted by Gasteiger charge is 2.73. The van der Waals surface area contributed by atoms with Crippen LogP contribution in [-0.4, -0.2) is 166 Å². The van der Waals surface area contributed by atoms with Crippen molar-refractivity contribution in [1.82, 2.24) is 0 Å². The highest BCUT2D eigenvalue weighted by atomic mass is 19.1. The Hall–Kier alpha value is -0.710. The summed E-state index contributed by atoms with van der Waals surface area (Å²) in [6.45, 7) is -1.94. The van der Waals surface area contributed by atoms with Crippen LogP contribution < -0.4 is 5.73 Å². The highest BCUT2D eigenvalue weighted by Crippen LogP contribution is 2.50. The van der Waals surface area contributed by atoms with Gasteiger partial charge in [0, 0.05) is 6.61 Å². The predicted molar refractivity (Wildman–Crippen MR) is 125 cm³/mol. The summed E-state index contributed by atoms with van der Waals surface area (Å²) in [6, 6.07) is 0. The molecule has 4 fully saturated rings. The molecule has 40 heavy (non-hydrogen) atoms. The second kappa shape index (κ2) is 13.7. The third-order valence-corrected chi connectivity index (χ3v) is 7.45. The smallest absolute Gasteiger partial charge is 0.315 e. The molecule has 0 saturated carbocycles. The Morgan fingerprint density at radius 2 is 1.38 bits per heavy atom. The Morgan fingerprint density at radius 1 is 0.700 bits per heavy atom. The molecule has 234 valence electrons. The maximum atomic E-state index is 13.9. The van der Waals surface area contributed by atoms with Gasteiger partial charge < -0.3 is 79.7 Å².